The molecule has 2 aromatic rings. The Hall–Kier alpha value is -1.97. The molecular formula is C12H10F3N3O3S. The van der Waals surface area contributed by atoms with Gasteiger partial charge in [0, 0.05) is 12.1 Å². The number of rotatable bonds is 4. The lowest BCUT2D eigenvalue weighted by Crippen LogP contribution is -2.10. The number of nitrogens with zero attached hydrogens (tertiary/aromatic N) is 3. The summed E-state index contributed by atoms with van der Waals surface area (Å²) in [6, 6.07) is 1.49. The van der Waals surface area contributed by atoms with Gasteiger partial charge in [-0.05, 0) is 25.0 Å². The van der Waals surface area contributed by atoms with Gasteiger partial charge >= 0.3 is 6.18 Å². The topological polar surface area (TPSA) is 86.0 Å². The highest BCUT2D eigenvalue weighted by Crippen LogP contribution is 2.38. The molecule has 0 amide bonds. The number of sulfone groups is 1. The van der Waals surface area contributed by atoms with Crippen LogP contribution in [0.25, 0.3) is 0 Å². The third-order valence-electron chi connectivity index (χ3n) is 3.12. The fraction of sp³-hybridized carbons (Fsp3) is 0.417. The molecule has 22 heavy (non-hydrogen) atoms. The molecule has 0 N–H and O–H groups in total. The molecule has 118 valence electrons. The molecule has 2 aromatic heterocycles. The maximum absolute atomic E-state index is 12.4. The molecule has 1 fully saturated rings. The smallest absolute Gasteiger partial charge is 0.338 e. The van der Waals surface area contributed by atoms with Crippen LogP contribution < -0.4 is 0 Å². The van der Waals surface area contributed by atoms with Crippen molar-refractivity contribution in [2.75, 3.05) is 0 Å². The average molecular weight is 333 g/mol. The highest BCUT2D eigenvalue weighted by molar-refractivity contribution is 7.90. The Morgan fingerprint density at radius 2 is 2.00 bits per heavy atom. The first-order valence-electron chi connectivity index (χ1n) is 6.34. The van der Waals surface area contributed by atoms with Gasteiger partial charge in [0.15, 0.2) is 10.9 Å². The summed E-state index contributed by atoms with van der Waals surface area (Å²) in [7, 11) is -3.94. The SMILES string of the molecule is O=S(=O)(Cc1nc(C2CC2)no1)c1ccc(C(F)(F)F)cn1. The molecule has 10 heteroatoms. The van der Waals surface area contributed by atoms with Crippen molar-refractivity contribution >= 4 is 9.84 Å². The Balaban J connectivity index is 1.79. The normalized spacial score (nSPS) is 16.0. The van der Waals surface area contributed by atoms with E-state index in [0.29, 0.717) is 18.1 Å². The summed E-state index contributed by atoms with van der Waals surface area (Å²) in [5.74, 6) is -0.0102. The zero-order chi connectivity index (χ0) is 16.0. The summed E-state index contributed by atoms with van der Waals surface area (Å²) in [5.41, 5.74) is -1.01. The molecule has 0 radical (unpaired) electrons. The van der Waals surface area contributed by atoms with Crippen LogP contribution in [0.5, 0.6) is 0 Å². The predicted octanol–water partition coefficient (Wildman–Crippen LogP) is 2.33. The highest BCUT2D eigenvalue weighted by Gasteiger charge is 2.32. The Bertz CT molecular complexity index is 780. The van der Waals surface area contributed by atoms with Gasteiger partial charge < -0.3 is 4.52 Å². The molecule has 0 spiro atoms. The van der Waals surface area contributed by atoms with Crippen LogP contribution in [0.3, 0.4) is 0 Å². The van der Waals surface area contributed by atoms with Gasteiger partial charge in [0.2, 0.25) is 15.7 Å². The predicted molar refractivity (Wildman–Crippen MR) is 66.4 cm³/mol. The first-order chi connectivity index (χ1) is 10.3. The van der Waals surface area contributed by atoms with E-state index < -0.39 is 32.4 Å². The summed E-state index contributed by atoms with van der Waals surface area (Å²) in [6.45, 7) is 0. The fourth-order valence-corrected chi connectivity index (χ4v) is 2.88. The Morgan fingerprint density at radius 3 is 2.55 bits per heavy atom. The zero-order valence-electron chi connectivity index (χ0n) is 11.0. The molecule has 1 saturated carbocycles. The Kier molecular flexibility index (Phi) is 3.42. The summed E-state index contributed by atoms with van der Waals surface area (Å²) < 4.78 is 66.3. The third kappa shape index (κ3) is 3.11. The monoisotopic (exact) mass is 333 g/mol. The van der Waals surface area contributed by atoms with Crippen LogP contribution >= 0.6 is 0 Å². The van der Waals surface area contributed by atoms with E-state index in [0.717, 1.165) is 18.9 Å². The van der Waals surface area contributed by atoms with Gasteiger partial charge in [0.1, 0.15) is 5.75 Å². The van der Waals surface area contributed by atoms with Crippen LogP contribution in [0.15, 0.2) is 27.9 Å². The maximum Gasteiger partial charge on any atom is 0.417 e. The van der Waals surface area contributed by atoms with Gasteiger partial charge in [0.25, 0.3) is 0 Å². The first-order valence-corrected chi connectivity index (χ1v) is 7.99. The fourth-order valence-electron chi connectivity index (χ4n) is 1.80. The Morgan fingerprint density at radius 1 is 1.27 bits per heavy atom. The molecule has 0 atom stereocenters. The molecule has 1 aliphatic rings. The molecule has 0 aromatic carbocycles. The van der Waals surface area contributed by atoms with Crippen molar-refractivity contribution < 1.29 is 26.1 Å². The molecule has 0 aliphatic heterocycles. The number of hydrogen-bond acceptors (Lipinski definition) is 6. The average Bonchev–Trinajstić information content (AvgIpc) is 3.19. The second-order valence-electron chi connectivity index (χ2n) is 4.96. The minimum Gasteiger partial charge on any atom is -0.338 e. The van der Waals surface area contributed by atoms with Crippen molar-refractivity contribution in [1.82, 2.24) is 15.1 Å². The first kappa shape index (κ1) is 14.9. The summed E-state index contributed by atoms with van der Waals surface area (Å²) in [5, 5.41) is 3.22. The minimum atomic E-state index is -4.57. The Labute approximate surface area is 123 Å². The van der Waals surface area contributed by atoms with Crippen molar-refractivity contribution in [3.8, 4) is 0 Å². The van der Waals surface area contributed by atoms with Crippen LogP contribution in [-0.2, 0) is 21.8 Å². The van der Waals surface area contributed by atoms with Crippen molar-refractivity contribution in [3.63, 3.8) is 0 Å². The van der Waals surface area contributed by atoms with Gasteiger partial charge in [-0.15, -0.1) is 0 Å². The number of hydrogen-bond donors (Lipinski definition) is 0. The molecule has 1 aliphatic carbocycles. The van der Waals surface area contributed by atoms with E-state index in [1.165, 1.54) is 0 Å². The number of halogens is 3. The van der Waals surface area contributed by atoms with E-state index in [4.69, 9.17) is 4.52 Å². The molecule has 0 bridgehead atoms. The van der Waals surface area contributed by atoms with Gasteiger partial charge in [-0.3, -0.25) is 0 Å². The van der Waals surface area contributed by atoms with Crippen LogP contribution in [0.1, 0.15) is 36.0 Å². The van der Waals surface area contributed by atoms with E-state index in [1.807, 2.05) is 0 Å². The van der Waals surface area contributed by atoms with Crippen LogP contribution in [-0.4, -0.2) is 23.5 Å². The van der Waals surface area contributed by atoms with E-state index in [9.17, 15) is 21.6 Å². The van der Waals surface area contributed by atoms with Crippen molar-refractivity contribution in [2.45, 2.75) is 35.7 Å². The zero-order valence-corrected chi connectivity index (χ0v) is 11.9. The summed E-state index contributed by atoms with van der Waals surface area (Å²) in [4.78, 5) is 7.34. The number of alkyl halides is 3. The largest absolute Gasteiger partial charge is 0.417 e. The second-order valence-corrected chi connectivity index (χ2v) is 6.90. The van der Waals surface area contributed by atoms with Gasteiger partial charge in [-0.2, -0.15) is 18.2 Å². The van der Waals surface area contributed by atoms with Crippen LogP contribution in [0.2, 0.25) is 0 Å². The van der Waals surface area contributed by atoms with E-state index in [2.05, 4.69) is 15.1 Å². The molecular weight excluding hydrogens is 323 g/mol. The van der Waals surface area contributed by atoms with Crippen molar-refractivity contribution in [1.29, 1.82) is 0 Å². The van der Waals surface area contributed by atoms with E-state index >= 15 is 0 Å². The van der Waals surface area contributed by atoms with Crippen LogP contribution in [0, 0.1) is 0 Å². The number of pyridine rings is 1. The second kappa shape index (κ2) is 5.04. The number of aromatic nitrogens is 3. The molecule has 6 nitrogen and oxygen atoms in total. The lowest BCUT2D eigenvalue weighted by molar-refractivity contribution is -0.137. The summed E-state index contributed by atoms with van der Waals surface area (Å²) >= 11 is 0. The molecule has 2 heterocycles. The quantitative estimate of drug-likeness (QED) is 0.853. The minimum absolute atomic E-state index is 0.0939. The van der Waals surface area contributed by atoms with E-state index in [1.54, 1.807) is 0 Å². The molecule has 0 unspecified atom stereocenters. The standard InChI is InChI=1S/C12H10F3N3O3S/c13-12(14,15)8-3-4-10(16-5-8)22(19,20)6-9-17-11(18-21-9)7-1-2-7/h3-5,7H,1-2,6H2. The van der Waals surface area contributed by atoms with Gasteiger partial charge in [-0.25, -0.2) is 13.4 Å². The lowest BCUT2D eigenvalue weighted by atomic mass is 10.3. The van der Waals surface area contributed by atoms with E-state index in [-0.39, 0.29) is 11.8 Å². The van der Waals surface area contributed by atoms with Crippen molar-refractivity contribution in [2.24, 2.45) is 0 Å². The molecule has 0 saturated heterocycles. The highest BCUT2D eigenvalue weighted by atomic mass is 32.2. The maximum atomic E-state index is 12.4. The summed E-state index contributed by atoms with van der Waals surface area (Å²) in [6.07, 6.45) is -2.21. The lowest BCUT2D eigenvalue weighted by Gasteiger charge is -2.06. The van der Waals surface area contributed by atoms with Crippen molar-refractivity contribution in [3.05, 3.63) is 35.6 Å². The van der Waals surface area contributed by atoms with Gasteiger partial charge in [0.05, 0.1) is 5.56 Å². The van der Waals surface area contributed by atoms with Crippen LogP contribution in [0.4, 0.5) is 13.2 Å². The van der Waals surface area contributed by atoms with Gasteiger partial charge in [-0.1, -0.05) is 5.16 Å². The third-order valence-corrected chi connectivity index (χ3v) is 4.63. The molecule has 3 rings (SSSR count).